The third-order valence-corrected chi connectivity index (χ3v) is 4.25. The maximum atomic E-state index is 5.91. The van der Waals surface area contributed by atoms with E-state index in [4.69, 9.17) is 4.74 Å². The molecule has 104 valence electrons. The topological polar surface area (TPSA) is 43.0 Å². The maximum absolute atomic E-state index is 5.91. The molecule has 0 radical (unpaired) electrons. The zero-order chi connectivity index (χ0) is 13.4. The minimum Gasteiger partial charge on any atom is -0.492 e. The summed E-state index contributed by atoms with van der Waals surface area (Å²) in [4.78, 5) is 2.56. The van der Waals surface area contributed by atoms with Crippen molar-refractivity contribution in [2.24, 2.45) is 0 Å². The second kappa shape index (κ2) is 4.90. The molecule has 1 aliphatic carbocycles. The largest absolute Gasteiger partial charge is 0.492 e. The monoisotopic (exact) mass is 270 g/mol. The minimum atomic E-state index is 0.621. The molecule has 2 fully saturated rings. The lowest BCUT2D eigenvalue weighted by Crippen LogP contribution is -2.29. The number of hydrogen-bond acceptors (Lipinski definition) is 4. The van der Waals surface area contributed by atoms with E-state index in [9.17, 15) is 0 Å². The van der Waals surface area contributed by atoms with E-state index < -0.39 is 0 Å². The number of ether oxygens (including phenoxy) is 1. The van der Waals surface area contributed by atoms with Crippen LogP contribution in [-0.4, -0.2) is 45.1 Å². The lowest BCUT2D eigenvalue weighted by Gasteiger charge is -2.27. The summed E-state index contributed by atoms with van der Waals surface area (Å²) < 4.78 is 7.66. The highest BCUT2D eigenvalue weighted by atomic mass is 16.5. The van der Waals surface area contributed by atoms with Crippen LogP contribution < -0.4 is 4.74 Å². The summed E-state index contributed by atoms with van der Waals surface area (Å²) in [6, 6.07) is 9.45. The smallest absolute Gasteiger partial charge is 0.121 e. The number of nitrogens with zero attached hydrogens (tertiary/aromatic N) is 4. The Balaban J connectivity index is 1.36. The molecule has 5 heteroatoms. The fourth-order valence-electron chi connectivity index (χ4n) is 2.76. The van der Waals surface area contributed by atoms with Crippen molar-refractivity contribution in [3.63, 3.8) is 0 Å². The fraction of sp³-hybridized carbons (Fsp3) is 0.467. The molecule has 0 bridgehead atoms. The van der Waals surface area contributed by atoms with Crippen molar-refractivity contribution in [3.05, 3.63) is 36.7 Å². The van der Waals surface area contributed by atoms with Gasteiger partial charge in [0, 0.05) is 18.7 Å². The molecule has 2 unspecified atom stereocenters. The van der Waals surface area contributed by atoms with Crippen LogP contribution >= 0.6 is 0 Å². The van der Waals surface area contributed by atoms with Crippen LogP contribution in [0.4, 0.5) is 0 Å². The van der Waals surface area contributed by atoms with Gasteiger partial charge in [-0.05, 0) is 25.0 Å². The minimum absolute atomic E-state index is 0.621. The molecule has 20 heavy (non-hydrogen) atoms. The first-order valence-electron chi connectivity index (χ1n) is 7.25. The predicted molar refractivity (Wildman–Crippen MR) is 75.0 cm³/mol. The van der Waals surface area contributed by atoms with Crippen LogP contribution in [0.15, 0.2) is 36.7 Å². The van der Waals surface area contributed by atoms with Crippen molar-refractivity contribution in [1.29, 1.82) is 0 Å². The summed E-state index contributed by atoms with van der Waals surface area (Å²) in [6.45, 7) is 1.99. The van der Waals surface area contributed by atoms with Gasteiger partial charge in [-0.25, -0.2) is 4.68 Å². The van der Waals surface area contributed by atoms with E-state index in [-0.39, 0.29) is 0 Å². The standard InChI is InChI=1S/C15H18N4O/c1-3-12(4-1)18-10-14(18)11-20-15-6-2-5-13(9-15)19-8-7-16-17-19/h2,5-9,12,14H,1,3-4,10-11H2. The van der Waals surface area contributed by atoms with Crippen LogP contribution in [0.5, 0.6) is 5.75 Å². The van der Waals surface area contributed by atoms with Gasteiger partial charge in [0.1, 0.15) is 12.4 Å². The molecule has 2 aromatic rings. The molecular formula is C15H18N4O. The van der Waals surface area contributed by atoms with Crippen molar-refractivity contribution in [2.45, 2.75) is 31.3 Å². The fourth-order valence-corrected chi connectivity index (χ4v) is 2.76. The molecule has 0 spiro atoms. The van der Waals surface area contributed by atoms with Gasteiger partial charge in [0.05, 0.1) is 24.1 Å². The van der Waals surface area contributed by atoms with Gasteiger partial charge in [0.25, 0.3) is 0 Å². The van der Waals surface area contributed by atoms with E-state index in [0.717, 1.165) is 24.1 Å². The summed E-state index contributed by atoms with van der Waals surface area (Å²) in [5.74, 6) is 0.901. The van der Waals surface area contributed by atoms with Crippen LogP contribution in [0, 0.1) is 0 Å². The van der Waals surface area contributed by atoms with Crippen LogP contribution in [0.25, 0.3) is 5.69 Å². The lowest BCUT2D eigenvalue weighted by atomic mass is 9.93. The van der Waals surface area contributed by atoms with Crippen LogP contribution in [0.2, 0.25) is 0 Å². The van der Waals surface area contributed by atoms with Crippen LogP contribution in [0.1, 0.15) is 19.3 Å². The van der Waals surface area contributed by atoms with Crippen LogP contribution in [-0.2, 0) is 0 Å². The number of hydrogen-bond donors (Lipinski definition) is 0. The number of benzene rings is 1. The molecular weight excluding hydrogens is 252 g/mol. The van der Waals surface area contributed by atoms with Gasteiger partial charge in [-0.1, -0.05) is 17.7 Å². The second-order valence-electron chi connectivity index (χ2n) is 5.59. The van der Waals surface area contributed by atoms with E-state index >= 15 is 0 Å². The average molecular weight is 270 g/mol. The molecule has 1 aliphatic heterocycles. The SMILES string of the molecule is c1cc(OCC2CN2C2CCC2)cc(-n2ccnn2)c1. The molecule has 4 rings (SSSR count). The summed E-state index contributed by atoms with van der Waals surface area (Å²) in [6.07, 6.45) is 7.65. The molecule has 2 aliphatic rings. The average Bonchev–Trinajstić information content (AvgIpc) is 2.95. The Labute approximate surface area is 118 Å². The Bertz CT molecular complexity index is 579. The molecule has 0 amide bonds. The Morgan fingerprint density at radius 3 is 3.00 bits per heavy atom. The number of aromatic nitrogens is 3. The van der Waals surface area contributed by atoms with Gasteiger partial charge < -0.3 is 4.74 Å². The van der Waals surface area contributed by atoms with E-state index in [1.807, 2.05) is 30.5 Å². The van der Waals surface area contributed by atoms with Gasteiger partial charge in [0.2, 0.25) is 0 Å². The summed E-state index contributed by atoms with van der Waals surface area (Å²) in [5.41, 5.74) is 0.978. The van der Waals surface area contributed by atoms with E-state index in [0.29, 0.717) is 6.04 Å². The Morgan fingerprint density at radius 2 is 2.25 bits per heavy atom. The third kappa shape index (κ3) is 2.29. The van der Waals surface area contributed by atoms with Gasteiger partial charge in [-0.15, -0.1) is 5.10 Å². The van der Waals surface area contributed by atoms with Crippen molar-refractivity contribution in [1.82, 2.24) is 19.9 Å². The molecule has 1 aromatic heterocycles. The molecule has 5 nitrogen and oxygen atoms in total. The maximum Gasteiger partial charge on any atom is 0.121 e. The van der Waals surface area contributed by atoms with Gasteiger partial charge >= 0.3 is 0 Å². The van der Waals surface area contributed by atoms with Crippen molar-refractivity contribution >= 4 is 0 Å². The highest BCUT2D eigenvalue weighted by Crippen LogP contribution is 2.33. The summed E-state index contributed by atoms with van der Waals surface area (Å²) in [5, 5.41) is 7.82. The molecule has 1 aromatic carbocycles. The summed E-state index contributed by atoms with van der Waals surface area (Å²) >= 11 is 0. The second-order valence-corrected chi connectivity index (χ2v) is 5.59. The zero-order valence-electron chi connectivity index (χ0n) is 11.4. The first-order valence-corrected chi connectivity index (χ1v) is 7.25. The third-order valence-electron chi connectivity index (χ3n) is 4.25. The van der Waals surface area contributed by atoms with Crippen molar-refractivity contribution in [3.8, 4) is 11.4 Å². The van der Waals surface area contributed by atoms with Crippen molar-refractivity contribution in [2.75, 3.05) is 13.2 Å². The van der Waals surface area contributed by atoms with E-state index in [2.05, 4.69) is 15.2 Å². The summed E-state index contributed by atoms with van der Waals surface area (Å²) in [7, 11) is 0. The van der Waals surface area contributed by atoms with Crippen LogP contribution in [0.3, 0.4) is 0 Å². The number of rotatable bonds is 5. The van der Waals surface area contributed by atoms with Crippen molar-refractivity contribution < 1.29 is 4.74 Å². The highest BCUT2D eigenvalue weighted by molar-refractivity contribution is 5.38. The van der Waals surface area contributed by atoms with Gasteiger partial charge in [-0.3, -0.25) is 4.90 Å². The normalized spacial score (nSPS) is 25.2. The Hall–Kier alpha value is -1.88. The molecule has 1 saturated heterocycles. The molecule has 1 saturated carbocycles. The lowest BCUT2D eigenvalue weighted by molar-refractivity contribution is 0.215. The Kier molecular flexibility index (Phi) is 2.92. The predicted octanol–water partition coefficient (Wildman–Crippen LogP) is 1.88. The Morgan fingerprint density at radius 1 is 1.30 bits per heavy atom. The highest BCUT2D eigenvalue weighted by Gasteiger charge is 2.42. The molecule has 2 atom stereocenters. The van der Waals surface area contributed by atoms with Gasteiger partial charge in [0.15, 0.2) is 0 Å². The van der Waals surface area contributed by atoms with E-state index in [1.165, 1.54) is 25.8 Å². The first-order chi connectivity index (χ1) is 9.90. The first kappa shape index (κ1) is 11.9. The van der Waals surface area contributed by atoms with Gasteiger partial charge in [-0.2, -0.15) is 0 Å². The van der Waals surface area contributed by atoms with E-state index in [1.54, 1.807) is 10.9 Å². The molecule has 2 heterocycles. The quantitative estimate of drug-likeness (QED) is 0.778. The zero-order valence-corrected chi connectivity index (χ0v) is 11.4. The molecule has 0 N–H and O–H groups in total.